The van der Waals surface area contributed by atoms with E-state index < -0.39 is 10.0 Å². The Bertz CT molecular complexity index is 517. The average Bonchev–Trinajstić information content (AvgIpc) is 2.95. The quantitative estimate of drug-likeness (QED) is 0.848. The molecule has 1 heterocycles. The zero-order valence-electron chi connectivity index (χ0n) is 11.5. The molecule has 1 aliphatic carbocycles. The Morgan fingerprint density at radius 1 is 1.37 bits per heavy atom. The highest BCUT2D eigenvalue weighted by Gasteiger charge is 2.33. The predicted octanol–water partition coefficient (Wildman–Crippen LogP) is 2.47. The summed E-state index contributed by atoms with van der Waals surface area (Å²) in [5.74, 6) is 0. The monoisotopic (exact) mass is 302 g/mol. The number of sulfonamides is 1. The summed E-state index contributed by atoms with van der Waals surface area (Å²) in [5.41, 5.74) is -0.261. The van der Waals surface area contributed by atoms with Crippen LogP contribution in [-0.4, -0.2) is 20.5 Å². The summed E-state index contributed by atoms with van der Waals surface area (Å²) in [4.78, 5) is 1.46. The molecule has 1 fully saturated rings. The van der Waals surface area contributed by atoms with Gasteiger partial charge in [0, 0.05) is 22.3 Å². The van der Waals surface area contributed by atoms with Crippen LogP contribution in [0.25, 0.3) is 0 Å². The molecule has 0 spiro atoms. The standard InChI is InChI=1S/C13H22N2O2S2/c1-3-14-9-11-8-12(10-18-11)19(16,17)15-13(2)6-4-5-7-13/h8,10,14-15H,3-7,9H2,1-2H3. The van der Waals surface area contributed by atoms with Gasteiger partial charge in [-0.15, -0.1) is 11.3 Å². The lowest BCUT2D eigenvalue weighted by atomic mass is 10.0. The molecule has 0 amide bonds. The lowest BCUT2D eigenvalue weighted by Gasteiger charge is -2.24. The number of nitrogens with one attached hydrogen (secondary N) is 2. The summed E-state index contributed by atoms with van der Waals surface area (Å²) in [6.07, 6.45) is 4.07. The van der Waals surface area contributed by atoms with Crippen LogP contribution in [0.4, 0.5) is 0 Å². The minimum atomic E-state index is -3.37. The summed E-state index contributed by atoms with van der Waals surface area (Å²) < 4.78 is 27.6. The van der Waals surface area contributed by atoms with Crippen molar-refractivity contribution in [2.24, 2.45) is 0 Å². The zero-order chi connectivity index (χ0) is 13.9. The van der Waals surface area contributed by atoms with Crippen LogP contribution in [0.2, 0.25) is 0 Å². The van der Waals surface area contributed by atoms with E-state index in [1.54, 1.807) is 11.4 Å². The second kappa shape index (κ2) is 5.91. The highest BCUT2D eigenvalue weighted by atomic mass is 32.2. The van der Waals surface area contributed by atoms with Gasteiger partial charge in [0.25, 0.3) is 0 Å². The minimum Gasteiger partial charge on any atom is -0.312 e. The van der Waals surface area contributed by atoms with E-state index in [1.807, 2.05) is 13.8 Å². The van der Waals surface area contributed by atoms with Crippen LogP contribution in [0.3, 0.4) is 0 Å². The third kappa shape index (κ3) is 3.78. The van der Waals surface area contributed by atoms with Crippen molar-refractivity contribution in [2.45, 2.75) is 56.5 Å². The molecule has 0 atom stereocenters. The summed E-state index contributed by atoms with van der Waals surface area (Å²) in [7, 11) is -3.37. The number of rotatable bonds is 6. The van der Waals surface area contributed by atoms with Gasteiger partial charge in [-0.2, -0.15) is 0 Å². The maximum Gasteiger partial charge on any atom is 0.241 e. The molecule has 2 rings (SSSR count). The summed E-state index contributed by atoms with van der Waals surface area (Å²) in [6.45, 7) is 5.65. The molecule has 0 saturated heterocycles. The molecule has 0 radical (unpaired) electrons. The van der Waals surface area contributed by atoms with Crippen molar-refractivity contribution in [1.29, 1.82) is 0 Å². The molecule has 0 bridgehead atoms. The number of hydrogen-bond acceptors (Lipinski definition) is 4. The van der Waals surface area contributed by atoms with Gasteiger partial charge in [-0.25, -0.2) is 13.1 Å². The van der Waals surface area contributed by atoms with Gasteiger partial charge < -0.3 is 5.32 Å². The van der Waals surface area contributed by atoms with Crippen LogP contribution >= 0.6 is 11.3 Å². The molecular formula is C13H22N2O2S2. The first kappa shape index (κ1) is 15.0. The maximum absolute atomic E-state index is 12.4. The predicted molar refractivity (Wildman–Crippen MR) is 78.9 cm³/mol. The van der Waals surface area contributed by atoms with Crippen molar-refractivity contribution in [3.8, 4) is 0 Å². The molecule has 1 aromatic rings. The van der Waals surface area contributed by atoms with E-state index in [0.29, 0.717) is 4.90 Å². The van der Waals surface area contributed by atoms with E-state index in [2.05, 4.69) is 10.0 Å². The van der Waals surface area contributed by atoms with E-state index in [0.717, 1.165) is 43.6 Å². The molecular weight excluding hydrogens is 280 g/mol. The first-order valence-corrected chi connectivity index (χ1v) is 9.14. The fourth-order valence-corrected chi connectivity index (χ4v) is 5.19. The molecule has 1 saturated carbocycles. The Morgan fingerprint density at radius 2 is 2.05 bits per heavy atom. The molecule has 4 nitrogen and oxygen atoms in total. The lowest BCUT2D eigenvalue weighted by molar-refractivity contribution is 0.427. The average molecular weight is 302 g/mol. The second-order valence-corrected chi connectivity index (χ2v) is 8.08. The minimum absolute atomic E-state index is 0.261. The van der Waals surface area contributed by atoms with E-state index in [9.17, 15) is 8.42 Å². The molecule has 2 N–H and O–H groups in total. The van der Waals surface area contributed by atoms with E-state index in [1.165, 1.54) is 11.3 Å². The largest absolute Gasteiger partial charge is 0.312 e. The lowest BCUT2D eigenvalue weighted by Crippen LogP contribution is -2.43. The smallest absolute Gasteiger partial charge is 0.241 e. The number of thiophene rings is 1. The fourth-order valence-electron chi connectivity index (χ4n) is 2.48. The van der Waals surface area contributed by atoms with E-state index in [-0.39, 0.29) is 5.54 Å². The molecule has 6 heteroatoms. The molecule has 0 unspecified atom stereocenters. The van der Waals surface area contributed by atoms with Crippen LogP contribution in [-0.2, 0) is 16.6 Å². The van der Waals surface area contributed by atoms with Gasteiger partial charge in [-0.3, -0.25) is 0 Å². The number of hydrogen-bond donors (Lipinski definition) is 2. The van der Waals surface area contributed by atoms with Crippen LogP contribution < -0.4 is 10.0 Å². The van der Waals surface area contributed by atoms with Crippen LogP contribution in [0.15, 0.2) is 16.3 Å². The highest BCUT2D eigenvalue weighted by molar-refractivity contribution is 7.89. The first-order valence-electron chi connectivity index (χ1n) is 6.77. The molecule has 0 aromatic carbocycles. The third-order valence-corrected chi connectivity index (χ3v) is 6.28. The molecule has 19 heavy (non-hydrogen) atoms. The maximum atomic E-state index is 12.4. The Balaban J connectivity index is 2.08. The van der Waals surface area contributed by atoms with Crippen LogP contribution in [0.1, 0.15) is 44.4 Å². The first-order chi connectivity index (χ1) is 8.95. The Morgan fingerprint density at radius 3 is 2.68 bits per heavy atom. The Hall–Kier alpha value is -0.430. The summed E-state index contributed by atoms with van der Waals surface area (Å²) >= 11 is 1.49. The highest BCUT2D eigenvalue weighted by Crippen LogP contribution is 2.31. The van der Waals surface area contributed by atoms with Crippen molar-refractivity contribution < 1.29 is 8.42 Å². The van der Waals surface area contributed by atoms with Gasteiger partial charge in [0.05, 0.1) is 4.90 Å². The third-order valence-electron chi connectivity index (χ3n) is 3.58. The Labute approximate surface area is 119 Å². The van der Waals surface area contributed by atoms with Crippen molar-refractivity contribution in [2.75, 3.05) is 6.54 Å². The molecule has 108 valence electrons. The molecule has 0 aliphatic heterocycles. The van der Waals surface area contributed by atoms with Crippen molar-refractivity contribution in [3.63, 3.8) is 0 Å². The van der Waals surface area contributed by atoms with E-state index >= 15 is 0 Å². The normalized spacial score (nSPS) is 18.8. The second-order valence-electron chi connectivity index (χ2n) is 5.40. The van der Waals surface area contributed by atoms with Gasteiger partial charge in [0.2, 0.25) is 10.0 Å². The SMILES string of the molecule is CCNCc1cc(S(=O)(=O)NC2(C)CCCC2)cs1. The van der Waals surface area contributed by atoms with Crippen molar-refractivity contribution >= 4 is 21.4 Å². The molecule has 1 aliphatic rings. The molecule has 1 aromatic heterocycles. The van der Waals surface area contributed by atoms with Crippen LogP contribution in [0.5, 0.6) is 0 Å². The van der Waals surface area contributed by atoms with Crippen LogP contribution in [0, 0.1) is 0 Å². The van der Waals surface area contributed by atoms with Gasteiger partial charge in [-0.05, 0) is 32.4 Å². The van der Waals surface area contributed by atoms with Crippen molar-refractivity contribution in [3.05, 3.63) is 16.3 Å². The van der Waals surface area contributed by atoms with Gasteiger partial charge >= 0.3 is 0 Å². The van der Waals surface area contributed by atoms with Gasteiger partial charge in [0.1, 0.15) is 0 Å². The summed E-state index contributed by atoms with van der Waals surface area (Å²) in [5, 5.41) is 4.93. The zero-order valence-corrected chi connectivity index (χ0v) is 13.2. The van der Waals surface area contributed by atoms with E-state index in [4.69, 9.17) is 0 Å². The summed E-state index contributed by atoms with van der Waals surface area (Å²) in [6, 6.07) is 1.77. The van der Waals surface area contributed by atoms with Gasteiger partial charge in [-0.1, -0.05) is 19.8 Å². The Kier molecular flexibility index (Phi) is 4.66. The topological polar surface area (TPSA) is 58.2 Å². The van der Waals surface area contributed by atoms with Gasteiger partial charge in [0.15, 0.2) is 0 Å². The fraction of sp³-hybridized carbons (Fsp3) is 0.692. The van der Waals surface area contributed by atoms with Crippen molar-refractivity contribution in [1.82, 2.24) is 10.0 Å².